The Bertz CT molecular complexity index is 230. The molecule has 66 valence electrons. The van der Waals surface area contributed by atoms with Crippen molar-refractivity contribution in [2.45, 2.75) is 13.3 Å². The summed E-state index contributed by atoms with van der Waals surface area (Å²) in [5.41, 5.74) is 2.37. The third kappa shape index (κ3) is 1.98. The molecule has 12 heavy (non-hydrogen) atoms. The third-order valence-electron chi connectivity index (χ3n) is 2.00. The predicted molar refractivity (Wildman–Crippen MR) is 51.3 cm³/mol. The molecule has 1 N–H and O–H groups in total. The first kappa shape index (κ1) is 9.07. The first-order valence-corrected chi connectivity index (χ1v) is 4.19. The number of rotatable bonds is 3. The summed E-state index contributed by atoms with van der Waals surface area (Å²) in [7, 11) is 1.86. The highest BCUT2D eigenvalue weighted by atomic mass is 16.3. The van der Waals surface area contributed by atoms with Crippen molar-refractivity contribution in [3.8, 4) is 0 Å². The van der Waals surface area contributed by atoms with E-state index in [0.29, 0.717) is 0 Å². The van der Waals surface area contributed by atoms with Crippen molar-refractivity contribution in [1.29, 1.82) is 0 Å². The summed E-state index contributed by atoms with van der Waals surface area (Å²) >= 11 is 0. The molecule has 0 aliphatic rings. The van der Waals surface area contributed by atoms with Gasteiger partial charge in [0.2, 0.25) is 0 Å². The molecule has 2 heteroatoms. The van der Waals surface area contributed by atoms with Crippen LogP contribution in [0.2, 0.25) is 0 Å². The van der Waals surface area contributed by atoms with Crippen LogP contribution in [0, 0.1) is 0 Å². The normalized spacial score (nSPS) is 9.92. The van der Waals surface area contributed by atoms with Crippen molar-refractivity contribution in [3.63, 3.8) is 0 Å². The van der Waals surface area contributed by atoms with E-state index in [1.807, 2.05) is 19.2 Å². The Hall–Kier alpha value is -1.02. The van der Waals surface area contributed by atoms with Gasteiger partial charge in [-0.2, -0.15) is 0 Å². The fourth-order valence-corrected chi connectivity index (χ4v) is 1.07. The number of aliphatic hydroxyl groups excluding tert-OH is 1. The Balaban J connectivity index is 2.77. The van der Waals surface area contributed by atoms with Crippen molar-refractivity contribution < 1.29 is 5.11 Å². The number of aryl methyl sites for hydroxylation is 1. The van der Waals surface area contributed by atoms with Crippen LogP contribution in [0.5, 0.6) is 0 Å². The molecule has 0 fully saturated rings. The third-order valence-corrected chi connectivity index (χ3v) is 2.00. The molecule has 0 aliphatic carbocycles. The molecule has 1 aromatic carbocycles. The summed E-state index contributed by atoms with van der Waals surface area (Å²) in [5.74, 6) is 0. The molecule has 0 radical (unpaired) electrons. The van der Waals surface area contributed by atoms with Crippen LogP contribution in [0.15, 0.2) is 24.3 Å². The molecule has 2 nitrogen and oxygen atoms in total. The molecule has 1 rings (SSSR count). The first-order chi connectivity index (χ1) is 5.77. The van der Waals surface area contributed by atoms with Gasteiger partial charge in [-0.05, 0) is 24.1 Å². The Morgan fingerprint density at radius 3 is 2.25 bits per heavy atom. The van der Waals surface area contributed by atoms with Gasteiger partial charge < -0.3 is 10.0 Å². The van der Waals surface area contributed by atoms with Gasteiger partial charge in [0.1, 0.15) is 6.73 Å². The second-order valence-corrected chi connectivity index (χ2v) is 2.86. The second-order valence-electron chi connectivity index (χ2n) is 2.86. The highest BCUT2D eigenvalue weighted by molar-refractivity contribution is 5.46. The molecule has 0 unspecified atom stereocenters. The van der Waals surface area contributed by atoms with Gasteiger partial charge in [0.05, 0.1) is 0 Å². The van der Waals surface area contributed by atoms with E-state index in [4.69, 9.17) is 5.11 Å². The van der Waals surface area contributed by atoms with Gasteiger partial charge in [0.25, 0.3) is 0 Å². The van der Waals surface area contributed by atoms with Crippen molar-refractivity contribution in [2.24, 2.45) is 0 Å². The Kier molecular flexibility index (Phi) is 3.11. The second kappa shape index (κ2) is 4.12. The van der Waals surface area contributed by atoms with Gasteiger partial charge in [-0.1, -0.05) is 19.1 Å². The molecule has 0 amide bonds. The molecule has 1 aromatic rings. The minimum Gasteiger partial charge on any atom is -0.376 e. The summed E-state index contributed by atoms with van der Waals surface area (Å²) in [4.78, 5) is 1.79. The van der Waals surface area contributed by atoms with Gasteiger partial charge >= 0.3 is 0 Å². The van der Waals surface area contributed by atoms with Crippen LogP contribution >= 0.6 is 0 Å². The number of nitrogens with zero attached hydrogens (tertiary/aromatic N) is 1. The fourth-order valence-electron chi connectivity index (χ4n) is 1.07. The average Bonchev–Trinajstić information content (AvgIpc) is 2.17. The van der Waals surface area contributed by atoms with Crippen molar-refractivity contribution in [2.75, 3.05) is 18.7 Å². The largest absolute Gasteiger partial charge is 0.376 e. The summed E-state index contributed by atoms with van der Waals surface area (Å²) in [5, 5.41) is 8.84. The highest BCUT2D eigenvalue weighted by Crippen LogP contribution is 2.12. The maximum Gasteiger partial charge on any atom is 0.115 e. The van der Waals surface area contributed by atoms with Crippen LogP contribution in [-0.2, 0) is 6.42 Å². The summed E-state index contributed by atoms with van der Waals surface area (Å²) < 4.78 is 0. The maximum atomic E-state index is 8.84. The molecular formula is C10H15NO. The van der Waals surface area contributed by atoms with E-state index in [2.05, 4.69) is 19.1 Å². The molecule has 0 heterocycles. The van der Waals surface area contributed by atoms with Gasteiger partial charge in [-0.15, -0.1) is 0 Å². The molecule has 0 atom stereocenters. The summed E-state index contributed by atoms with van der Waals surface area (Å²) in [6.07, 6.45) is 1.06. The van der Waals surface area contributed by atoms with E-state index in [1.165, 1.54) is 5.56 Å². The SMILES string of the molecule is CCc1ccc(N(C)CO)cc1. The van der Waals surface area contributed by atoms with Crippen molar-refractivity contribution >= 4 is 5.69 Å². The monoisotopic (exact) mass is 165 g/mol. The molecule has 0 spiro atoms. The number of anilines is 1. The lowest BCUT2D eigenvalue weighted by Crippen LogP contribution is -2.17. The van der Waals surface area contributed by atoms with Crippen LogP contribution in [0.1, 0.15) is 12.5 Å². The average molecular weight is 165 g/mol. The predicted octanol–water partition coefficient (Wildman–Crippen LogP) is 1.64. The van der Waals surface area contributed by atoms with Crippen molar-refractivity contribution in [1.82, 2.24) is 0 Å². The lowest BCUT2D eigenvalue weighted by molar-refractivity contribution is 0.298. The Morgan fingerprint density at radius 1 is 1.25 bits per heavy atom. The fraction of sp³-hybridized carbons (Fsp3) is 0.400. The van der Waals surface area contributed by atoms with Crippen LogP contribution < -0.4 is 4.90 Å². The van der Waals surface area contributed by atoms with Crippen LogP contribution in [0.4, 0.5) is 5.69 Å². The molecule has 0 saturated carbocycles. The van der Waals surface area contributed by atoms with E-state index < -0.39 is 0 Å². The smallest absolute Gasteiger partial charge is 0.115 e. The number of benzene rings is 1. The molecule has 0 aliphatic heterocycles. The zero-order valence-electron chi connectivity index (χ0n) is 7.62. The topological polar surface area (TPSA) is 23.5 Å². The molecule has 0 saturated heterocycles. The maximum absolute atomic E-state index is 8.84. The summed E-state index contributed by atoms with van der Waals surface area (Å²) in [6.45, 7) is 2.19. The van der Waals surface area contributed by atoms with Crippen LogP contribution in [0.25, 0.3) is 0 Å². The van der Waals surface area contributed by atoms with Gasteiger partial charge in [0.15, 0.2) is 0 Å². The van der Waals surface area contributed by atoms with Crippen LogP contribution in [0.3, 0.4) is 0 Å². The van der Waals surface area contributed by atoms with Gasteiger partial charge in [0, 0.05) is 12.7 Å². The minimum absolute atomic E-state index is 0.0610. The standard InChI is InChI=1S/C10H15NO/c1-3-9-4-6-10(7-5-9)11(2)8-12/h4-7,12H,3,8H2,1-2H3. The van der Waals surface area contributed by atoms with E-state index in [-0.39, 0.29) is 6.73 Å². The van der Waals surface area contributed by atoms with Gasteiger partial charge in [-0.25, -0.2) is 0 Å². The van der Waals surface area contributed by atoms with E-state index >= 15 is 0 Å². The van der Waals surface area contributed by atoms with E-state index in [9.17, 15) is 0 Å². The Labute approximate surface area is 73.4 Å². The van der Waals surface area contributed by atoms with E-state index in [1.54, 1.807) is 4.90 Å². The number of hydrogen-bond acceptors (Lipinski definition) is 2. The molecule has 0 bridgehead atoms. The number of hydrogen-bond donors (Lipinski definition) is 1. The molecule has 0 aromatic heterocycles. The Morgan fingerprint density at radius 2 is 1.83 bits per heavy atom. The lowest BCUT2D eigenvalue weighted by atomic mass is 10.1. The quantitative estimate of drug-likeness (QED) is 0.688. The minimum atomic E-state index is 0.0610. The van der Waals surface area contributed by atoms with E-state index in [0.717, 1.165) is 12.1 Å². The zero-order chi connectivity index (χ0) is 8.97. The molecular weight excluding hydrogens is 150 g/mol. The van der Waals surface area contributed by atoms with Gasteiger partial charge in [-0.3, -0.25) is 0 Å². The van der Waals surface area contributed by atoms with Crippen LogP contribution in [-0.4, -0.2) is 18.9 Å². The number of aliphatic hydroxyl groups is 1. The first-order valence-electron chi connectivity index (χ1n) is 4.19. The summed E-state index contributed by atoms with van der Waals surface area (Å²) in [6, 6.07) is 8.22. The highest BCUT2D eigenvalue weighted by Gasteiger charge is 1.96. The lowest BCUT2D eigenvalue weighted by Gasteiger charge is -2.15. The van der Waals surface area contributed by atoms with Crippen molar-refractivity contribution in [3.05, 3.63) is 29.8 Å². The zero-order valence-corrected chi connectivity index (χ0v) is 7.62.